The van der Waals surface area contributed by atoms with Crippen LogP contribution in [0, 0.1) is 5.92 Å². The van der Waals surface area contributed by atoms with Crippen LogP contribution in [0.4, 0.5) is 13.2 Å². The third kappa shape index (κ3) is 3.09. The van der Waals surface area contributed by atoms with E-state index < -0.39 is 24.1 Å². The molecule has 0 aliphatic carbocycles. The highest BCUT2D eigenvalue weighted by molar-refractivity contribution is 5.72. The molecule has 0 radical (unpaired) electrons. The van der Waals surface area contributed by atoms with Crippen molar-refractivity contribution < 1.29 is 23.1 Å². The zero-order valence-electron chi connectivity index (χ0n) is 8.42. The van der Waals surface area contributed by atoms with Crippen molar-refractivity contribution >= 4 is 5.97 Å². The number of carboxylic acid groups (broad SMARTS) is 1. The molecular weight excluding hydrogens is 211 g/mol. The van der Waals surface area contributed by atoms with E-state index in [4.69, 9.17) is 5.11 Å². The van der Waals surface area contributed by atoms with Crippen LogP contribution < -0.4 is 0 Å². The number of nitrogens with zero attached hydrogens (tertiary/aromatic N) is 1. The largest absolute Gasteiger partial charge is 0.480 e. The minimum absolute atomic E-state index is 0.104. The third-order valence-electron chi connectivity index (χ3n) is 2.82. The average Bonchev–Trinajstić information content (AvgIpc) is 2.15. The Balaban J connectivity index is 2.60. The minimum Gasteiger partial charge on any atom is -0.480 e. The summed E-state index contributed by atoms with van der Waals surface area (Å²) in [6, 6.07) is -0.838. The molecule has 6 heteroatoms. The van der Waals surface area contributed by atoms with Gasteiger partial charge in [0.2, 0.25) is 0 Å². The van der Waals surface area contributed by atoms with E-state index in [1.807, 2.05) is 0 Å². The molecule has 3 nitrogen and oxygen atoms in total. The van der Waals surface area contributed by atoms with Crippen molar-refractivity contribution in [2.75, 3.05) is 13.1 Å². The minimum atomic E-state index is -4.21. The number of rotatable bonds is 2. The van der Waals surface area contributed by atoms with Gasteiger partial charge in [0.25, 0.3) is 0 Å². The molecule has 0 aromatic carbocycles. The highest BCUT2D eigenvalue weighted by Crippen LogP contribution is 2.33. The number of likely N-dealkylation sites (tertiary alicyclic amines) is 1. The lowest BCUT2D eigenvalue weighted by Gasteiger charge is -2.35. The Morgan fingerprint density at radius 3 is 2.60 bits per heavy atom. The van der Waals surface area contributed by atoms with Crippen LogP contribution in [0.1, 0.15) is 19.8 Å². The highest BCUT2D eigenvalue weighted by atomic mass is 19.4. The van der Waals surface area contributed by atoms with Gasteiger partial charge in [-0.05, 0) is 26.3 Å². The summed E-state index contributed by atoms with van der Waals surface area (Å²) in [5.41, 5.74) is 0. The molecule has 88 valence electrons. The summed E-state index contributed by atoms with van der Waals surface area (Å²) in [5.74, 6) is -2.45. The number of halogens is 3. The Bertz CT molecular complexity index is 242. The molecule has 1 aliphatic heterocycles. The number of carbonyl (C=O) groups is 1. The molecular formula is C9H14F3NO2. The number of aliphatic carboxylic acids is 1. The molecule has 1 aliphatic rings. The molecule has 0 aromatic heterocycles. The van der Waals surface area contributed by atoms with Crippen LogP contribution in [0.3, 0.4) is 0 Å². The fraction of sp³-hybridized carbons (Fsp3) is 0.889. The van der Waals surface area contributed by atoms with Crippen molar-refractivity contribution in [2.24, 2.45) is 5.92 Å². The average molecular weight is 225 g/mol. The van der Waals surface area contributed by atoms with Crippen molar-refractivity contribution in [1.29, 1.82) is 0 Å². The van der Waals surface area contributed by atoms with Gasteiger partial charge in [-0.15, -0.1) is 0 Å². The van der Waals surface area contributed by atoms with Gasteiger partial charge in [0, 0.05) is 6.54 Å². The predicted octanol–water partition coefficient (Wildman–Crippen LogP) is 1.73. The SMILES string of the molecule is C[C@@H](C(=O)O)N1CCC[C@@H](C(F)(F)F)C1. The molecule has 0 spiro atoms. The van der Waals surface area contributed by atoms with Crippen molar-refractivity contribution in [2.45, 2.75) is 32.0 Å². The second kappa shape index (κ2) is 4.38. The van der Waals surface area contributed by atoms with E-state index >= 15 is 0 Å². The van der Waals surface area contributed by atoms with E-state index in [9.17, 15) is 18.0 Å². The van der Waals surface area contributed by atoms with Crippen LogP contribution in [0.5, 0.6) is 0 Å². The monoisotopic (exact) mass is 225 g/mol. The molecule has 1 saturated heterocycles. The van der Waals surface area contributed by atoms with E-state index in [0.29, 0.717) is 13.0 Å². The van der Waals surface area contributed by atoms with Crippen LogP contribution in [0.25, 0.3) is 0 Å². The quantitative estimate of drug-likeness (QED) is 0.778. The molecule has 1 rings (SSSR count). The summed E-state index contributed by atoms with van der Waals surface area (Å²) in [4.78, 5) is 12.0. The lowest BCUT2D eigenvalue weighted by atomic mass is 9.96. The maximum absolute atomic E-state index is 12.4. The Labute approximate surface area is 85.9 Å². The van der Waals surface area contributed by atoms with Crippen LogP contribution in [0.15, 0.2) is 0 Å². The van der Waals surface area contributed by atoms with Gasteiger partial charge in [-0.25, -0.2) is 0 Å². The van der Waals surface area contributed by atoms with Crippen molar-refractivity contribution in [3.05, 3.63) is 0 Å². The van der Waals surface area contributed by atoms with Crippen LogP contribution in [-0.4, -0.2) is 41.3 Å². The molecule has 0 aromatic rings. The van der Waals surface area contributed by atoms with Gasteiger partial charge < -0.3 is 5.11 Å². The maximum Gasteiger partial charge on any atom is 0.393 e. The van der Waals surface area contributed by atoms with Crippen LogP contribution in [0.2, 0.25) is 0 Å². The van der Waals surface area contributed by atoms with Gasteiger partial charge >= 0.3 is 12.1 Å². The smallest absolute Gasteiger partial charge is 0.393 e. The third-order valence-corrected chi connectivity index (χ3v) is 2.82. The van der Waals surface area contributed by atoms with E-state index in [-0.39, 0.29) is 13.0 Å². The molecule has 0 unspecified atom stereocenters. The first-order chi connectivity index (χ1) is 6.82. The summed E-state index contributed by atoms with van der Waals surface area (Å²) in [5, 5.41) is 8.70. The molecule has 0 saturated carbocycles. The Morgan fingerprint density at radius 1 is 1.53 bits per heavy atom. The summed E-state index contributed by atoms with van der Waals surface area (Å²) in [6.07, 6.45) is -3.70. The Hall–Kier alpha value is -0.780. The predicted molar refractivity (Wildman–Crippen MR) is 47.4 cm³/mol. The van der Waals surface area contributed by atoms with Crippen LogP contribution >= 0.6 is 0 Å². The molecule has 2 atom stereocenters. The van der Waals surface area contributed by atoms with E-state index in [1.165, 1.54) is 11.8 Å². The zero-order valence-corrected chi connectivity index (χ0v) is 8.42. The summed E-state index contributed by atoms with van der Waals surface area (Å²) in [7, 11) is 0. The lowest BCUT2D eigenvalue weighted by molar-refractivity contribution is -0.190. The van der Waals surface area contributed by atoms with Gasteiger partial charge in [0.1, 0.15) is 6.04 Å². The van der Waals surface area contributed by atoms with Crippen molar-refractivity contribution in [1.82, 2.24) is 4.90 Å². The maximum atomic E-state index is 12.4. The normalized spacial score (nSPS) is 26.3. The van der Waals surface area contributed by atoms with Gasteiger partial charge in [-0.2, -0.15) is 13.2 Å². The number of hydrogen-bond acceptors (Lipinski definition) is 2. The molecule has 1 fully saturated rings. The summed E-state index contributed by atoms with van der Waals surface area (Å²) < 4.78 is 37.2. The van der Waals surface area contributed by atoms with Gasteiger partial charge in [0.05, 0.1) is 5.92 Å². The Kier molecular flexibility index (Phi) is 3.59. The molecule has 0 amide bonds. The first kappa shape index (κ1) is 12.3. The fourth-order valence-electron chi connectivity index (χ4n) is 1.78. The first-order valence-corrected chi connectivity index (χ1v) is 4.86. The topological polar surface area (TPSA) is 40.5 Å². The highest BCUT2D eigenvalue weighted by Gasteiger charge is 2.43. The van der Waals surface area contributed by atoms with E-state index in [1.54, 1.807) is 0 Å². The number of hydrogen-bond donors (Lipinski definition) is 1. The number of piperidine rings is 1. The fourth-order valence-corrected chi connectivity index (χ4v) is 1.78. The van der Waals surface area contributed by atoms with Gasteiger partial charge in [-0.3, -0.25) is 9.69 Å². The molecule has 0 bridgehead atoms. The molecule has 1 N–H and O–H groups in total. The number of alkyl halides is 3. The lowest BCUT2D eigenvalue weighted by Crippen LogP contribution is -2.48. The van der Waals surface area contributed by atoms with Crippen molar-refractivity contribution in [3.63, 3.8) is 0 Å². The van der Waals surface area contributed by atoms with Gasteiger partial charge in [-0.1, -0.05) is 0 Å². The van der Waals surface area contributed by atoms with E-state index in [0.717, 1.165) is 0 Å². The Morgan fingerprint density at radius 2 is 2.13 bits per heavy atom. The molecule has 15 heavy (non-hydrogen) atoms. The summed E-state index contributed by atoms with van der Waals surface area (Å²) in [6.45, 7) is 1.65. The zero-order chi connectivity index (χ0) is 11.6. The second-order valence-electron chi connectivity index (χ2n) is 3.89. The standard InChI is InChI=1S/C9H14F3NO2/c1-6(8(14)15)13-4-2-3-7(5-13)9(10,11)12/h6-7H,2-5H2,1H3,(H,14,15)/t6-,7+/m0/s1. The number of carboxylic acids is 1. The molecule has 1 heterocycles. The first-order valence-electron chi connectivity index (χ1n) is 4.86. The van der Waals surface area contributed by atoms with Gasteiger partial charge in [0.15, 0.2) is 0 Å². The second-order valence-corrected chi connectivity index (χ2v) is 3.89. The summed E-state index contributed by atoms with van der Waals surface area (Å²) >= 11 is 0. The van der Waals surface area contributed by atoms with E-state index in [2.05, 4.69) is 0 Å². The van der Waals surface area contributed by atoms with Crippen molar-refractivity contribution in [3.8, 4) is 0 Å². The van der Waals surface area contributed by atoms with Crippen LogP contribution in [-0.2, 0) is 4.79 Å².